The van der Waals surface area contributed by atoms with E-state index in [-0.39, 0.29) is 11.9 Å². The van der Waals surface area contributed by atoms with Crippen molar-refractivity contribution in [3.8, 4) is 0 Å². The highest BCUT2D eigenvalue weighted by atomic mass is 16.2. The summed E-state index contributed by atoms with van der Waals surface area (Å²) >= 11 is 0. The molecule has 2 atom stereocenters. The van der Waals surface area contributed by atoms with Crippen molar-refractivity contribution in [3.05, 3.63) is 0 Å². The summed E-state index contributed by atoms with van der Waals surface area (Å²) in [6.07, 6.45) is 5.43. The smallest absolute Gasteiger partial charge is 0.224 e. The van der Waals surface area contributed by atoms with Gasteiger partial charge in [-0.3, -0.25) is 4.79 Å². The SMILES string of the molecule is CN1CCCC1CN(C)C(CN)CC(=O)N1CCCC1. The summed E-state index contributed by atoms with van der Waals surface area (Å²) in [4.78, 5) is 19.0. The van der Waals surface area contributed by atoms with Crippen molar-refractivity contribution in [1.29, 1.82) is 0 Å². The minimum absolute atomic E-state index is 0.178. The van der Waals surface area contributed by atoms with Gasteiger partial charge in [-0.05, 0) is 46.3 Å². The molecule has 2 rings (SSSR count). The molecule has 0 radical (unpaired) electrons. The van der Waals surface area contributed by atoms with E-state index in [4.69, 9.17) is 5.73 Å². The fourth-order valence-corrected chi connectivity index (χ4v) is 3.41. The average molecular weight is 282 g/mol. The molecule has 2 N–H and O–H groups in total. The predicted molar refractivity (Wildman–Crippen MR) is 81.6 cm³/mol. The maximum Gasteiger partial charge on any atom is 0.224 e. The van der Waals surface area contributed by atoms with Crippen molar-refractivity contribution in [2.45, 2.75) is 44.2 Å². The van der Waals surface area contributed by atoms with E-state index >= 15 is 0 Å². The number of amides is 1. The van der Waals surface area contributed by atoms with E-state index in [1.54, 1.807) is 0 Å². The molecule has 2 fully saturated rings. The van der Waals surface area contributed by atoms with Crippen LogP contribution in [0.3, 0.4) is 0 Å². The van der Waals surface area contributed by atoms with E-state index in [0.717, 1.165) is 32.5 Å². The van der Waals surface area contributed by atoms with Crippen LogP contribution >= 0.6 is 0 Å². The zero-order valence-corrected chi connectivity index (χ0v) is 13.1. The molecular formula is C15H30N4O. The third-order valence-corrected chi connectivity index (χ3v) is 4.93. The molecule has 0 aromatic heterocycles. The van der Waals surface area contributed by atoms with Crippen LogP contribution in [0.25, 0.3) is 0 Å². The van der Waals surface area contributed by atoms with Crippen LogP contribution in [0.15, 0.2) is 0 Å². The Balaban J connectivity index is 1.81. The zero-order valence-electron chi connectivity index (χ0n) is 13.1. The molecule has 2 unspecified atom stereocenters. The number of hydrogen-bond acceptors (Lipinski definition) is 4. The molecule has 1 amide bonds. The molecule has 0 aliphatic carbocycles. The molecule has 20 heavy (non-hydrogen) atoms. The van der Waals surface area contributed by atoms with Gasteiger partial charge in [0.25, 0.3) is 0 Å². The van der Waals surface area contributed by atoms with Gasteiger partial charge in [0.15, 0.2) is 0 Å². The normalized spacial score (nSPS) is 25.6. The first kappa shape index (κ1) is 15.7. The highest BCUT2D eigenvalue weighted by molar-refractivity contribution is 5.77. The Kier molecular flexibility index (Phi) is 5.81. The summed E-state index contributed by atoms with van der Waals surface area (Å²) < 4.78 is 0. The van der Waals surface area contributed by atoms with Gasteiger partial charge in [-0.25, -0.2) is 0 Å². The van der Waals surface area contributed by atoms with E-state index in [2.05, 4.69) is 23.9 Å². The lowest BCUT2D eigenvalue weighted by molar-refractivity contribution is -0.131. The monoisotopic (exact) mass is 282 g/mol. The molecule has 116 valence electrons. The number of carbonyl (C=O) groups is 1. The highest BCUT2D eigenvalue weighted by Crippen LogP contribution is 2.17. The molecule has 5 heteroatoms. The molecule has 0 spiro atoms. The lowest BCUT2D eigenvalue weighted by Gasteiger charge is -2.32. The van der Waals surface area contributed by atoms with Gasteiger partial charge in [0.1, 0.15) is 0 Å². The summed E-state index contributed by atoms with van der Waals surface area (Å²) in [6.45, 7) is 4.65. The minimum atomic E-state index is 0.178. The van der Waals surface area contributed by atoms with Crippen molar-refractivity contribution >= 4 is 5.91 Å². The van der Waals surface area contributed by atoms with Crippen molar-refractivity contribution in [2.75, 3.05) is 46.8 Å². The molecule has 0 aromatic carbocycles. The summed E-state index contributed by atoms with van der Waals surface area (Å²) in [5.41, 5.74) is 5.90. The molecule has 0 bridgehead atoms. The van der Waals surface area contributed by atoms with Crippen LogP contribution in [-0.4, -0.2) is 79.5 Å². The number of likely N-dealkylation sites (tertiary alicyclic amines) is 2. The van der Waals surface area contributed by atoms with Crippen molar-refractivity contribution in [2.24, 2.45) is 5.73 Å². The summed E-state index contributed by atoms with van der Waals surface area (Å²) in [6, 6.07) is 0.799. The van der Waals surface area contributed by atoms with E-state index in [0.29, 0.717) is 19.0 Å². The van der Waals surface area contributed by atoms with E-state index in [9.17, 15) is 4.79 Å². The molecule has 2 saturated heterocycles. The van der Waals surface area contributed by atoms with Gasteiger partial charge in [0.2, 0.25) is 5.91 Å². The van der Waals surface area contributed by atoms with Gasteiger partial charge >= 0.3 is 0 Å². The first-order valence-corrected chi connectivity index (χ1v) is 8.00. The van der Waals surface area contributed by atoms with Gasteiger partial charge in [-0.1, -0.05) is 0 Å². The lowest BCUT2D eigenvalue weighted by atomic mass is 10.1. The lowest BCUT2D eigenvalue weighted by Crippen LogP contribution is -2.47. The van der Waals surface area contributed by atoms with Crippen LogP contribution in [0.1, 0.15) is 32.1 Å². The maximum atomic E-state index is 12.3. The van der Waals surface area contributed by atoms with Gasteiger partial charge in [-0.2, -0.15) is 0 Å². The zero-order chi connectivity index (χ0) is 14.5. The first-order valence-electron chi connectivity index (χ1n) is 8.00. The number of nitrogens with zero attached hydrogens (tertiary/aromatic N) is 3. The van der Waals surface area contributed by atoms with E-state index in [1.165, 1.54) is 19.4 Å². The summed E-state index contributed by atoms with van der Waals surface area (Å²) in [5.74, 6) is 0.282. The Bertz CT molecular complexity index is 317. The quantitative estimate of drug-likeness (QED) is 0.764. The van der Waals surface area contributed by atoms with Gasteiger partial charge in [0.05, 0.1) is 0 Å². The number of nitrogens with two attached hydrogens (primary N) is 1. The molecular weight excluding hydrogens is 252 g/mol. The number of rotatable bonds is 6. The Morgan fingerprint density at radius 2 is 2.00 bits per heavy atom. The second-order valence-corrected chi connectivity index (χ2v) is 6.40. The van der Waals surface area contributed by atoms with Crippen molar-refractivity contribution in [3.63, 3.8) is 0 Å². The Morgan fingerprint density at radius 3 is 2.55 bits per heavy atom. The maximum absolute atomic E-state index is 12.3. The molecule has 2 heterocycles. The van der Waals surface area contributed by atoms with Crippen molar-refractivity contribution in [1.82, 2.24) is 14.7 Å². The Morgan fingerprint density at radius 1 is 1.30 bits per heavy atom. The van der Waals surface area contributed by atoms with Gasteiger partial charge < -0.3 is 20.4 Å². The van der Waals surface area contributed by atoms with Crippen LogP contribution in [0.5, 0.6) is 0 Å². The van der Waals surface area contributed by atoms with Gasteiger partial charge in [0, 0.05) is 44.7 Å². The molecule has 0 aromatic rings. The van der Waals surface area contributed by atoms with Gasteiger partial charge in [-0.15, -0.1) is 0 Å². The minimum Gasteiger partial charge on any atom is -0.343 e. The summed E-state index contributed by atoms with van der Waals surface area (Å²) in [5, 5.41) is 0. The Hall–Kier alpha value is -0.650. The van der Waals surface area contributed by atoms with Crippen LogP contribution < -0.4 is 5.73 Å². The van der Waals surface area contributed by atoms with E-state index < -0.39 is 0 Å². The largest absolute Gasteiger partial charge is 0.343 e. The molecule has 2 aliphatic rings. The molecule has 0 saturated carbocycles. The standard InChI is InChI=1S/C15H30N4O/c1-17-7-5-6-13(17)12-18(2)14(11-16)10-15(20)19-8-3-4-9-19/h13-14H,3-12,16H2,1-2H3. The average Bonchev–Trinajstić information content (AvgIpc) is 3.08. The molecule has 2 aliphatic heterocycles. The molecule has 5 nitrogen and oxygen atoms in total. The van der Waals surface area contributed by atoms with Crippen LogP contribution in [0.4, 0.5) is 0 Å². The topological polar surface area (TPSA) is 52.8 Å². The summed E-state index contributed by atoms with van der Waals surface area (Å²) in [7, 11) is 4.30. The first-order chi connectivity index (χ1) is 9.61. The second kappa shape index (κ2) is 7.38. The fourth-order valence-electron chi connectivity index (χ4n) is 3.41. The number of hydrogen-bond donors (Lipinski definition) is 1. The highest BCUT2D eigenvalue weighted by Gasteiger charge is 2.27. The van der Waals surface area contributed by atoms with Crippen LogP contribution in [0.2, 0.25) is 0 Å². The Labute approximate surface area is 123 Å². The van der Waals surface area contributed by atoms with E-state index in [1.807, 2.05) is 4.90 Å². The van der Waals surface area contributed by atoms with Crippen LogP contribution in [-0.2, 0) is 4.79 Å². The van der Waals surface area contributed by atoms with Crippen molar-refractivity contribution < 1.29 is 4.79 Å². The predicted octanol–water partition coefficient (Wildman–Crippen LogP) is 0.352. The second-order valence-electron chi connectivity index (χ2n) is 6.40. The third-order valence-electron chi connectivity index (χ3n) is 4.93. The number of carbonyl (C=O) groups excluding carboxylic acids is 1. The number of likely N-dealkylation sites (N-methyl/N-ethyl adjacent to an activating group) is 2. The van der Waals surface area contributed by atoms with Crippen LogP contribution in [0, 0.1) is 0 Å². The third kappa shape index (κ3) is 3.93. The fraction of sp³-hybridized carbons (Fsp3) is 0.933.